The fourth-order valence-corrected chi connectivity index (χ4v) is 5.85. The third-order valence-electron chi connectivity index (χ3n) is 6.03. The van der Waals surface area contributed by atoms with Crippen molar-refractivity contribution in [3.63, 3.8) is 0 Å². The van der Waals surface area contributed by atoms with E-state index >= 15 is 0 Å². The summed E-state index contributed by atoms with van der Waals surface area (Å²) in [5, 5.41) is 3.31. The Morgan fingerprint density at radius 3 is 2.56 bits per heavy atom. The van der Waals surface area contributed by atoms with Crippen LogP contribution in [0.15, 0.2) is 77.7 Å². The number of anilines is 2. The number of halogens is 1. The lowest BCUT2D eigenvalue weighted by Gasteiger charge is -2.26. The van der Waals surface area contributed by atoms with Crippen LogP contribution in [-0.2, 0) is 21.2 Å². The Hall–Kier alpha value is -3.23. The molecule has 0 aromatic heterocycles. The van der Waals surface area contributed by atoms with Gasteiger partial charge in [0.15, 0.2) is 0 Å². The molecule has 0 bridgehead atoms. The molecule has 4 rings (SSSR count). The first-order valence-electron chi connectivity index (χ1n) is 12.0. The first-order valence-corrected chi connectivity index (χ1v) is 13.8. The van der Waals surface area contributed by atoms with Gasteiger partial charge in [-0.25, -0.2) is 8.42 Å². The van der Waals surface area contributed by atoms with Gasteiger partial charge >= 0.3 is 0 Å². The zero-order chi connectivity index (χ0) is 25.5. The van der Waals surface area contributed by atoms with E-state index in [4.69, 9.17) is 16.3 Å². The highest BCUT2D eigenvalue weighted by Gasteiger charge is 2.29. The summed E-state index contributed by atoms with van der Waals surface area (Å²) >= 11 is 5.96. The van der Waals surface area contributed by atoms with Crippen LogP contribution in [0.25, 0.3) is 0 Å². The lowest BCUT2D eigenvalue weighted by atomic mass is 10.2. The normalized spacial score (nSPS) is 12.8. The highest BCUT2D eigenvalue weighted by Crippen LogP contribution is 2.33. The van der Waals surface area contributed by atoms with E-state index in [9.17, 15) is 13.2 Å². The van der Waals surface area contributed by atoms with Gasteiger partial charge in [0, 0.05) is 30.3 Å². The fourth-order valence-electron chi connectivity index (χ4n) is 4.30. The smallest absolute Gasteiger partial charge is 0.264 e. The molecule has 1 heterocycles. The lowest BCUT2D eigenvalue weighted by molar-refractivity contribution is -0.119. The molecule has 36 heavy (non-hydrogen) atoms. The van der Waals surface area contributed by atoms with E-state index in [-0.39, 0.29) is 17.3 Å². The van der Waals surface area contributed by atoms with Crippen molar-refractivity contribution in [1.29, 1.82) is 0 Å². The molecular formula is C27H30ClN3O4S. The summed E-state index contributed by atoms with van der Waals surface area (Å²) in [5.41, 5.74) is 2.90. The average molecular weight is 528 g/mol. The van der Waals surface area contributed by atoms with Gasteiger partial charge in [-0.1, -0.05) is 41.9 Å². The van der Waals surface area contributed by atoms with E-state index in [1.165, 1.54) is 35.5 Å². The maximum absolute atomic E-state index is 13.6. The van der Waals surface area contributed by atoms with Crippen molar-refractivity contribution in [3.8, 4) is 5.75 Å². The van der Waals surface area contributed by atoms with Gasteiger partial charge in [0.1, 0.15) is 12.3 Å². The summed E-state index contributed by atoms with van der Waals surface area (Å²) in [6, 6.07) is 21.0. The van der Waals surface area contributed by atoms with Crippen molar-refractivity contribution in [1.82, 2.24) is 5.32 Å². The molecule has 0 spiro atoms. The Morgan fingerprint density at radius 1 is 1.06 bits per heavy atom. The van der Waals surface area contributed by atoms with E-state index in [0.717, 1.165) is 30.2 Å². The molecule has 0 saturated heterocycles. The van der Waals surface area contributed by atoms with E-state index in [1.54, 1.807) is 24.3 Å². The second-order valence-corrected chi connectivity index (χ2v) is 10.7. The summed E-state index contributed by atoms with van der Waals surface area (Å²) in [4.78, 5) is 15.3. The zero-order valence-electron chi connectivity index (χ0n) is 20.2. The van der Waals surface area contributed by atoms with Crippen molar-refractivity contribution >= 4 is 38.9 Å². The number of carbonyl (C=O) groups is 1. The number of amides is 1. The van der Waals surface area contributed by atoms with Crippen LogP contribution in [0.2, 0.25) is 5.02 Å². The Kier molecular flexibility index (Phi) is 8.38. The number of nitrogens with zero attached hydrogens (tertiary/aromatic N) is 2. The molecule has 0 saturated carbocycles. The molecule has 1 aliphatic rings. The Bertz CT molecular complexity index is 1300. The van der Waals surface area contributed by atoms with Gasteiger partial charge in [0.05, 0.1) is 17.2 Å². The van der Waals surface area contributed by atoms with Crippen LogP contribution < -0.4 is 19.3 Å². The number of carbonyl (C=O) groups excluding carboxylic acids is 1. The third-order valence-corrected chi connectivity index (χ3v) is 8.06. The number of rotatable bonds is 11. The Labute approximate surface area is 217 Å². The Balaban J connectivity index is 1.45. The zero-order valence-corrected chi connectivity index (χ0v) is 21.8. The highest BCUT2D eigenvalue weighted by atomic mass is 35.5. The number of hydrogen-bond acceptors (Lipinski definition) is 5. The van der Waals surface area contributed by atoms with E-state index in [0.29, 0.717) is 29.6 Å². The lowest BCUT2D eigenvalue weighted by Crippen LogP contribution is -2.41. The summed E-state index contributed by atoms with van der Waals surface area (Å²) < 4.78 is 34.0. The molecule has 9 heteroatoms. The summed E-state index contributed by atoms with van der Waals surface area (Å²) in [6.07, 6.45) is 1.78. The molecule has 1 aliphatic heterocycles. The highest BCUT2D eigenvalue weighted by molar-refractivity contribution is 7.92. The molecule has 1 amide bonds. The predicted molar refractivity (Wildman–Crippen MR) is 144 cm³/mol. The van der Waals surface area contributed by atoms with Crippen molar-refractivity contribution < 1.29 is 17.9 Å². The van der Waals surface area contributed by atoms with Crippen molar-refractivity contribution in [2.24, 2.45) is 0 Å². The molecule has 0 atom stereocenters. The number of benzene rings is 3. The SMILES string of the molecule is CCOc1ccccc1N(CC(=O)NCCCN1CCc2ccccc21)S(=O)(=O)c1ccc(Cl)cc1. The van der Waals surface area contributed by atoms with Crippen LogP contribution in [0.5, 0.6) is 5.75 Å². The summed E-state index contributed by atoms with van der Waals surface area (Å²) in [6.45, 7) is 4.03. The van der Waals surface area contributed by atoms with Crippen molar-refractivity contribution in [2.45, 2.75) is 24.7 Å². The van der Waals surface area contributed by atoms with Crippen LogP contribution in [-0.4, -0.2) is 47.1 Å². The van der Waals surface area contributed by atoms with E-state index in [2.05, 4.69) is 28.4 Å². The molecule has 0 fully saturated rings. The maximum Gasteiger partial charge on any atom is 0.264 e. The van der Waals surface area contributed by atoms with Crippen LogP contribution in [0, 0.1) is 0 Å². The second-order valence-electron chi connectivity index (χ2n) is 8.44. The maximum atomic E-state index is 13.6. The molecule has 0 aliphatic carbocycles. The molecule has 190 valence electrons. The summed E-state index contributed by atoms with van der Waals surface area (Å²) in [7, 11) is -4.06. The van der Waals surface area contributed by atoms with Gasteiger partial charge in [0.25, 0.3) is 10.0 Å². The Morgan fingerprint density at radius 2 is 1.78 bits per heavy atom. The summed E-state index contributed by atoms with van der Waals surface area (Å²) in [5.74, 6) is -0.00120. The molecular weight excluding hydrogens is 498 g/mol. The van der Waals surface area contributed by atoms with Crippen LogP contribution in [0.4, 0.5) is 11.4 Å². The fraction of sp³-hybridized carbons (Fsp3) is 0.296. The number of nitrogens with one attached hydrogen (secondary N) is 1. The predicted octanol–water partition coefficient (Wildman–Crippen LogP) is 4.50. The van der Waals surface area contributed by atoms with Gasteiger partial charge in [-0.15, -0.1) is 0 Å². The van der Waals surface area contributed by atoms with E-state index in [1.807, 2.05) is 13.0 Å². The van der Waals surface area contributed by atoms with Gasteiger partial charge < -0.3 is 15.0 Å². The molecule has 0 unspecified atom stereocenters. The van der Waals surface area contributed by atoms with Gasteiger partial charge in [-0.2, -0.15) is 0 Å². The molecule has 0 radical (unpaired) electrons. The molecule has 7 nitrogen and oxygen atoms in total. The largest absolute Gasteiger partial charge is 0.492 e. The first kappa shape index (κ1) is 25.9. The minimum atomic E-state index is -4.06. The van der Waals surface area contributed by atoms with Crippen LogP contribution in [0.1, 0.15) is 18.9 Å². The monoisotopic (exact) mass is 527 g/mol. The van der Waals surface area contributed by atoms with Gasteiger partial charge in [-0.3, -0.25) is 9.10 Å². The quantitative estimate of drug-likeness (QED) is 0.371. The minimum absolute atomic E-state index is 0.0405. The van der Waals surface area contributed by atoms with Gasteiger partial charge in [0.2, 0.25) is 5.91 Å². The first-order chi connectivity index (χ1) is 17.4. The number of sulfonamides is 1. The van der Waals surface area contributed by atoms with Gasteiger partial charge in [-0.05, 0) is 67.8 Å². The van der Waals surface area contributed by atoms with E-state index < -0.39 is 10.0 Å². The topological polar surface area (TPSA) is 79.0 Å². The minimum Gasteiger partial charge on any atom is -0.492 e. The number of hydrogen-bond donors (Lipinski definition) is 1. The van der Waals surface area contributed by atoms with Crippen LogP contribution >= 0.6 is 11.6 Å². The average Bonchev–Trinajstić information content (AvgIpc) is 3.29. The number of fused-ring (bicyclic) bond motifs is 1. The van der Waals surface area contributed by atoms with Crippen molar-refractivity contribution in [2.75, 3.05) is 42.0 Å². The van der Waals surface area contributed by atoms with Crippen molar-refractivity contribution in [3.05, 3.63) is 83.4 Å². The standard InChI is InChI=1S/C27H30ClN3O4S/c1-2-35-26-11-6-5-10-25(26)31(36(33,34)23-14-12-22(28)13-15-23)20-27(32)29-17-7-18-30-19-16-21-8-3-4-9-24(21)30/h3-6,8-15H,2,7,16-20H2,1H3,(H,29,32). The number of ether oxygens (including phenoxy) is 1. The molecule has 3 aromatic carbocycles. The third kappa shape index (κ3) is 5.94. The molecule has 3 aromatic rings. The molecule has 1 N–H and O–H groups in total. The second kappa shape index (κ2) is 11.7. The van der Waals surface area contributed by atoms with Crippen LogP contribution in [0.3, 0.4) is 0 Å². The number of para-hydroxylation sites is 3.